The number of hydrogen-bond donors (Lipinski definition) is 0. The number of nitrogens with zero attached hydrogens (tertiary/aromatic N) is 2. The van der Waals surface area contributed by atoms with E-state index in [1.54, 1.807) is 0 Å². The molecule has 0 saturated heterocycles. The number of carbonyl (C=O) groups excluding carboxylic acids is 3. The van der Waals surface area contributed by atoms with Crippen LogP contribution in [0.4, 0.5) is 4.79 Å². The summed E-state index contributed by atoms with van der Waals surface area (Å²) in [7, 11) is 7.02. The van der Waals surface area contributed by atoms with Gasteiger partial charge < -0.3 is 19.3 Å². The molecule has 0 aromatic rings. The highest BCUT2D eigenvalue weighted by Crippen LogP contribution is 2.15. The normalized spacial score (nSPS) is 11.6. The molecule has 0 aliphatic rings. The molecule has 0 aliphatic carbocycles. The zero-order chi connectivity index (χ0) is 34.6. The lowest BCUT2D eigenvalue weighted by Crippen LogP contribution is -2.30. The average Bonchev–Trinajstić information content (AvgIpc) is 3.06. The van der Waals surface area contributed by atoms with Crippen LogP contribution in [0.15, 0.2) is 24.3 Å². The second-order valence-electron chi connectivity index (χ2n) is 13.0. The Balaban J connectivity index is 3.94. The van der Waals surface area contributed by atoms with Crippen LogP contribution in [-0.4, -0.2) is 80.7 Å². The van der Waals surface area contributed by atoms with Crippen molar-refractivity contribution >= 4 is 28.9 Å². The minimum Gasteiger partial charge on any atom is -0.469 e. The highest BCUT2D eigenvalue weighted by molar-refractivity contribution is 8.13. The molecule has 0 spiro atoms. The molecule has 0 aromatic carbocycles. The summed E-state index contributed by atoms with van der Waals surface area (Å²) < 4.78 is 9.35. The summed E-state index contributed by atoms with van der Waals surface area (Å²) in [5, 5.41) is 0.261. The quantitative estimate of drug-likeness (QED) is 0.0388. The topological polar surface area (TPSA) is 76.1 Å². The number of hydrogen-bond acceptors (Lipinski definition) is 7. The van der Waals surface area contributed by atoms with E-state index in [0.29, 0.717) is 12.8 Å². The fourth-order valence-corrected chi connectivity index (χ4v) is 6.33. The van der Waals surface area contributed by atoms with E-state index >= 15 is 0 Å². The van der Waals surface area contributed by atoms with E-state index < -0.39 is 0 Å². The van der Waals surface area contributed by atoms with Gasteiger partial charge in [0.05, 0.1) is 14.2 Å². The van der Waals surface area contributed by atoms with Crippen LogP contribution in [0.25, 0.3) is 0 Å². The molecule has 0 saturated carbocycles. The zero-order valence-corrected chi connectivity index (χ0v) is 31.8. The van der Waals surface area contributed by atoms with Crippen molar-refractivity contribution in [1.29, 1.82) is 0 Å². The van der Waals surface area contributed by atoms with Crippen molar-refractivity contribution in [3.05, 3.63) is 24.3 Å². The van der Waals surface area contributed by atoms with Crippen LogP contribution < -0.4 is 0 Å². The summed E-state index contributed by atoms with van der Waals surface area (Å²) in [6.07, 6.45) is 35.9. The summed E-state index contributed by atoms with van der Waals surface area (Å²) in [5.74, 6) is 0.650. The third kappa shape index (κ3) is 33.9. The van der Waals surface area contributed by atoms with Crippen molar-refractivity contribution in [3.63, 3.8) is 0 Å². The van der Waals surface area contributed by atoms with Crippen molar-refractivity contribution in [3.8, 4) is 0 Å². The standard InChI is InChI=1S/C39H72N2O5S/c1-40(2)35-36-47-39(44)41(33-29-25-21-17-13-9-5-7-11-15-19-23-27-31-37(42)45-3)34-30-26-22-18-14-10-6-8-12-16-20-24-28-32-38(43)46-4/h7-8,11-12H,5-6,9-10,13-36H2,1-4H3. The molecule has 7 nitrogen and oxygen atoms in total. The molecular formula is C39H72N2O5S. The molecule has 274 valence electrons. The highest BCUT2D eigenvalue weighted by atomic mass is 32.2. The van der Waals surface area contributed by atoms with Crippen molar-refractivity contribution in [2.45, 2.75) is 154 Å². The van der Waals surface area contributed by atoms with Crippen molar-refractivity contribution in [2.24, 2.45) is 0 Å². The number of amides is 1. The summed E-state index contributed by atoms with van der Waals surface area (Å²) in [6.45, 7) is 2.73. The summed E-state index contributed by atoms with van der Waals surface area (Å²) in [4.78, 5) is 39.5. The number of carbonyl (C=O) groups is 3. The number of unbranched alkanes of at least 4 members (excludes halogenated alkanes) is 18. The number of thioether (sulfide) groups is 1. The van der Waals surface area contributed by atoms with Gasteiger partial charge in [0.15, 0.2) is 0 Å². The van der Waals surface area contributed by atoms with Crippen molar-refractivity contribution < 1.29 is 23.9 Å². The minimum absolute atomic E-state index is 0.104. The first-order chi connectivity index (χ1) is 22.9. The lowest BCUT2D eigenvalue weighted by Gasteiger charge is -2.22. The molecule has 0 atom stereocenters. The van der Waals surface area contributed by atoms with Crippen molar-refractivity contribution in [1.82, 2.24) is 9.80 Å². The SMILES string of the molecule is COC(=O)CCCCCC=CCCCCCCCCN(CCCCCCCCC=CCCCCCC(=O)OC)C(=O)SCCN(C)C. The first-order valence-electron chi connectivity index (χ1n) is 18.9. The highest BCUT2D eigenvalue weighted by Gasteiger charge is 2.13. The van der Waals surface area contributed by atoms with Crippen molar-refractivity contribution in [2.75, 3.05) is 53.7 Å². The average molecular weight is 681 g/mol. The molecule has 0 aromatic heterocycles. The van der Waals surface area contributed by atoms with Crippen LogP contribution in [-0.2, 0) is 19.1 Å². The minimum atomic E-state index is -0.104. The Morgan fingerprint density at radius 1 is 0.489 bits per heavy atom. The van der Waals surface area contributed by atoms with Gasteiger partial charge in [0.1, 0.15) is 0 Å². The Bertz CT molecular complexity index is 750. The fourth-order valence-electron chi connectivity index (χ4n) is 5.34. The molecule has 1 amide bonds. The monoisotopic (exact) mass is 681 g/mol. The Labute approximate surface area is 294 Å². The third-order valence-corrected chi connectivity index (χ3v) is 9.30. The molecule has 0 aliphatic heterocycles. The first kappa shape index (κ1) is 45.2. The van der Waals surface area contributed by atoms with Gasteiger partial charge in [-0.05, 0) is 91.1 Å². The van der Waals surface area contributed by atoms with E-state index in [1.165, 1.54) is 90.2 Å². The van der Waals surface area contributed by atoms with Crippen LogP contribution >= 0.6 is 11.8 Å². The van der Waals surface area contributed by atoms with Crippen LogP contribution in [0.2, 0.25) is 0 Å². The van der Waals surface area contributed by atoms with Gasteiger partial charge in [0, 0.05) is 38.2 Å². The second-order valence-corrected chi connectivity index (χ2v) is 14.1. The molecule has 0 radical (unpaired) electrons. The van der Waals surface area contributed by atoms with E-state index in [4.69, 9.17) is 0 Å². The number of rotatable bonds is 33. The summed E-state index contributed by atoms with van der Waals surface area (Å²) in [5.41, 5.74) is 0. The Morgan fingerprint density at radius 3 is 1.19 bits per heavy atom. The van der Waals surface area contributed by atoms with E-state index in [1.807, 2.05) is 0 Å². The maximum absolute atomic E-state index is 13.0. The van der Waals surface area contributed by atoms with Gasteiger partial charge in [-0.2, -0.15) is 0 Å². The van der Waals surface area contributed by atoms with E-state index in [9.17, 15) is 14.4 Å². The zero-order valence-electron chi connectivity index (χ0n) is 31.0. The largest absolute Gasteiger partial charge is 0.469 e. The molecule has 0 N–H and O–H groups in total. The van der Waals surface area contributed by atoms with Crippen LogP contribution in [0.5, 0.6) is 0 Å². The molecule has 0 fully saturated rings. The Morgan fingerprint density at radius 2 is 0.830 bits per heavy atom. The predicted octanol–water partition coefficient (Wildman–Crippen LogP) is 10.5. The van der Waals surface area contributed by atoms with Gasteiger partial charge in [0.25, 0.3) is 5.24 Å². The van der Waals surface area contributed by atoms with Gasteiger partial charge >= 0.3 is 11.9 Å². The van der Waals surface area contributed by atoms with Gasteiger partial charge in [0.2, 0.25) is 0 Å². The lowest BCUT2D eigenvalue weighted by atomic mass is 10.1. The molecule has 0 unspecified atom stereocenters. The molecule has 0 rings (SSSR count). The van der Waals surface area contributed by atoms with E-state index in [0.717, 1.165) is 102 Å². The van der Waals surface area contributed by atoms with E-state index in [-0.39, 0.29) is 17.2 Å². The fraction of sp³-hybridized carbons (Fsp3) is 0.821. The molecule has 47 heavy (non-hydrogen) atoms. The number of ether oxygens (including phenoxy) is 2. The molecule has 0 heterocycles. The second kappa shape index (κ2) is 35.5. The predicted molar refractivity (Wildman–Crippen MR) is 201 cm³/mol. The number of methoxy groups -OCH3 is 2. The van der Waals surface area contributed by atoms with E-state index in [2.05, 4.69) is 57.7 Å². The van der Waals surface area contributed by atoms with Crippen LogP contribution in [0, 0.1) is 0 Å². The van der Waals surface area contributed by atoms with Gasteiger partial charge in [-0.25, -0.2) is 0 Å². The maximum atomic E-state index is 13.0. The summed E-state index contributed by atoms with van der Waals surface area (Å²) in [6, 6.07) is 0. The Hall–Kier alpha value is -1.80. The Kier molecular flexibility index (Phi) is 34.1. The third-order valence-electron chi connectivity index (χ3n) is 8.41. The van der Waals surface area contributed by atoms with Gasteiger partial charge in [-0.1, -0.05) is 100 Å². The molecular weight excluding hydrogens is 609 g/mol. The summed E-state index contributed by atoms with van der Waals surface area (Å²) >= 11 is 1.49. The maximum Gasteiger partial charge on any atom is 0.305 e. The number of allylic oxidation sites excluding steroid dienone is 4. The molecule has 0 bridgehead atoms. The van der Waals surface area contributed by atoms with Crippen LogP contribution in [0.1, 0.15) is 154 Å². The van der Waals surface area contributed by atoms with Crippen LogP contribution in [0.3, 0.4) is 0 Å². The van der Waals surface area contributed by atoms with Gasteiger partial charge in [-0.15, -0.1) is 0 Å². The number of esters is 2. The lowest BCUT2D eigenvalue weighted by molar-refractivity contribution is -0.141. The molecule has 8 heteroatoms. The first-order valence-corrected chi connectivity index (χ1v) is 19.9. The smallest absolute Gasteiger partial charge is 0.305 e. The van der Waals surface area contributed by atoms with Gasteiger partial charge in [-0.3, -0.25) is 14.4 Å².